The SMILES string of the molecule is Cc1n[nH]c(C)c1NC(=O)CSCc1cccc(Cl)c1. The number of aryl methyl sites for hydroxylation is 2. The van der Waals surface area contributed by atoms with Crippen molar-refractivity contribution in [2.24, 2.45) is 0 Å². The number of anilines is 1. The molecule has 1 amide bonds. The maximum atomic E-state index is 11.9. The highest BCUT2D eigenvalue weighted by Gasteiger charge is 2.10. The molecule has 0 saturated heterocycles. The van der Waals surface area contributed by atoms with Gasteiger partial charge in [0.1, 0.15) is 0 Å². The number of carbonyl (C=O) groups excluding carboxylic acids is 1. The highest BCUT2D eigenvalue weighted by Crippen LogP contribution is 2.19. The van der Waals surface area contributed by atoms with Crippen LogP contribution in [0.25, 0.3) is 0 Å². The fourth-order valence-corrected chi connectivity index (χ4v) is 2.79. The first-order valence-electron chi connectivity index (χ1n) is 6.20. The zero-order chi connectivity index (χ0) is 14.5. The topological polar surface area (TPSA) is 57.8 Å². The maximum absolute atomic E-state index is 11.9. The number of carbonyl (C=O) groups is 1. The monoisotopic (exact) mass is 309 g/mol. The summed E-state index contributed by atoms with van der Waals surface area (Å²) in [6.07, 6.45) is 0. The minimum Gasteiger partial charge on any atom is -0.322 e. The molecule has 0 saturated carbocycles. The first-order chi connectivity index (χ1) is 9.56. The molecule has 0 spiro atoms. The van der Waals surface area contributed by atoms with E-state index in [1.165, 1.54) is 0 Å². The molecule has 106 valence electrons. The molecular formula is C14H16ClN3OS. The fourth-order valence-electron chi connectivity index (χ4n) is 1.80. The molecule has 2 N–H and O–H groups in total. The van der Waals surface area contributed by atoms with Crippen LogP contribution in [-0.2, 0) is 10.5 Å². The second kappa shape index (κ2) is 6.81. The highest BCUT2D eigenvalue weighted by atomic mass is 35.5. The van der Waals surface area contributed by atoms with Gasteiger partial charge < -0.3 is 5.32 Å². The lowest BCUT2D eigenvalue weighted by atomic mass is 10.2. The van der Waals surface area contributed by atoms with Crippen LogP contribution in [0.2, 0.25) is 5.02 Å². The number of benzene rings is 1. The summed E-state index contributed by atoms with van der Waals surface area (Å²) in [4.78, 5) is 11.9. The summed E-state index contributed by atoms with van der Waals surface area (Å²) in [7, 11) is 0. The Balaban J connectivity index is 1.81. The predicted molar refractivity (Wildman–Crippen MR) is 84.3 cm³/mol. The molecule has 0 radical (unpaired) electrons. The minimum atomic E-state index is -0.0235. The van der Waals surface area contributed by atoms with Crippen LogP contribution < -0.4 is 5.32 Å². The van der Waals surface area contributed by atoms with Gasteiger partial charge in [-0.1, -0.05) is 23.7 Å². The molecule has 0 unspecified atom stereocenters. The molecule has 20 heavy (non-hydrogen) atoms. The fraction of sp³-hybridized carbons (Fsp3) is 0.286. The number of aromatic nitrogens is 2. The van der Waals surface area contributed by atoms with E-state index in [1.54, 1.807) is 11.8 Å². The lowest BCUT2D eigenvalue weighted by molar-refractivity contribution is -0.113. The van der Waals surface area contributed by atoms with Crippen molar-refractivity contribution in [3.8, 4) is 0 Å². The van der Waals surface area contributed by atoms with Gasteiger partial charge in [0, 0.05) is 10.8 Å². The van der Waals surface area contributed by atoms with Crippen LogP contribution in [0.4, 0.5) is 5.69 Å². The van der Waals surface area contributed by atoms with Gasteiger partial charge >= 0.3 is 0 Å². The van der Waals surface area contributed by atoms with E-state index in [2.05, 4.69) is 15.5 Å². The van der Waals surface area contributed by atoms with Crippen molar-refractivity contribution in [2.75, 3.05) is 11.1 Å². The van der Waals surface area contributed by atoms with Gasteiger partial charge in [0.05, 0.1) is 22.8 Å². The van der Waals surface area contributed by atoms with Crippen molar-refractivity contribution < 1.29 is 4.79 Å². The Labute approximate surface area is 127 Å². The van der Waals surface area contributed by atoms with Crippen molar-refractivity contribution in [3.05, 3.63) is 46.2 Å². The first kappa shape index (κ1) is 14.9. The van der Waals surface area contributed by atoms with Crippen LogP contribution in [0, 0.1) is 13.8 Å². The average molecular weight is 310 g/mol. The number of hydrogen-bond donors (Lipinski definition) is 2. The minimum absolute atomic E-state index is 0.0235. The Bertz CT molecular complexity index is 593. The first-order valence-corrected chi connectivity index (χ1v) is 7.73. The third kappa shape index (κ3) is 4.02. The predicted octanol–water partition coefficient (Wildman–Crippen LogP) is 3.55. The quantitative estimate of drug-likeness (QED) is 0.888. The van der Waals surface area contributed by atoms with Crippen molar-refractivity contribution in [1.82, 2.24) is 10.2 Å². The number of nitrogens with one attached hydrogen (secondary N) is 2. The number of H-pyrrole nitrogens is 1. The number of hydrogen-bond acceptors (Lipinski definition) is 3. The van der Waals surface area contributed by atoms with E-state index in [1.807, 2.05) is 38.1 Å². The standard InChI is InChI=1S/C14H16ClN3OS/c1-9-14(10(2)18-17-9)16-13(19)8-20-7-11-4-3-5-12(15)6-11/h3-6H,7-8H2,1-2H3,(H,16,19)(H,17,18). The van der Waals surface area contributed by atoms with Gasteiger partial charge in [0.15, 0.2) is 0 Å². The van der Waals surface area contributed by atoms with Gasteiger partial charge in [-0.05, 0) is 31.5 Å². The Hall–Kier alpha value is -1.46. The molecule has 0 aliphatic carbocycles. The van der Waals surface area contributed by atoms with Gasteiger partial charge in [0.2, 0.25) is 5.91 Å². The molecule has 0 bridgehead atoms. The zero-order valence-corrected chi connectivity index (χ0v) is 12.9. The van der Waals surface area contributed by atoms with Crippen molar-refractivity contribution in [3.63, 3.8) is 0 Å². The molecule has 0 aliphatic rings. The van der Waals surface area contributed by atoms with Crippen LogP contribution in [0.5, 0.6) is 0 Å². The number of rotatable bonds is 5. The lowest BCUT2D eigenvalue weighted by Gasteiger charge is -2.05. The molecule has 4 nitrogen and oxygen atoms in total. The maximum Gasteiger partial charge on any atom is 0.234 e. The molecular weight excluding hydrogens is 294 g/mol. The number of aromatic amines is 1. The van der Waals surface area contributed by atoms with E-state index in [9.17, 15) is 4.79 Å². The number of nitrogens with zero attached hydrogens (tertiary/aromatic N) is 1. The smallest absolute Gasteiger partial charge is 0.234 e. The summed E-state index contributed by atoms with van der Waals surface area (Å²) in [6.45, 7) is 3.74. The third-order valence-corrected chi connectivity index (χ3v) is 4.02. The summed E-state index contributed by atoms with van der Waals surface area (Å²) in [5.41, 5.74) is 3.57. The summed E-state index contributed by atoms with van der Waals surface area (Å²) in [5.74, 6) is 1.14. The number of thioether (sulfide) groups is 1. The Morgan fingerprint density at radius 3 is 2.90 bits per heavy atom. The Morgan fingerprint density at radius 1 is 1.45 bits per heavy atom. The molecule has 2 rings (SSSR count). The molecule has 0 atom stereocenters. The van der Waals surface area contributed by atoms with Gasteiger partial charge in [-0.15, -0.1) is 11.8 Å². The van der Waals surface area contributed by atoms with Crippen LogP contribution in [-0.4, -0.2) is 21.9 Å². The average Bonchev–Trinajstić information content (AvgIpc) is 2.71. The van der Waals surface area contributed by atoms with E-state index in [0.29, 0.717) is 5.75 Å². The van der Waals surface area contributed by atoms with E-state index in [0.717, 1.165) is 33.4 Å². The summed E-state index contributed by atoms with van der Waals surface area (Å²) >= 11 is 7.47. The van der Waals surface area contributed by atoms with Crippen LogP contribution in [0.1, 0.15) is 17.0 Å². The summed E-state index contributed by atoms with van der Waals surface area (Å²) < 4.78 is 0. The number of amides is 1. The number of halogens is 1. The van der Waals surface area contributed by atoms with Gasteiger partial charge in [-0.25, -0.2) is 0 Å². The van der Waals surface area contributed by atoms with E-state index in [-0.39, 0.29) is 5.91 Å². The summed E-state index contributed by atoms with van der Waals surface area (Å²) in [6, 6.07) is 7.67. The van der Waals surface area contributed by atoms with E-state index >= 15 is 0 Å². The molecule has 0 aliphatic heterocycles. The third-order valence-electron chi connectivity index (χ3n) is 2.78. The molecule has 0 fully saturated rings. The van der Waals surface area contributed by atoms with Gasteiger partial charge in [-0.2, -0.15) is 5.10 Å². The Kier molecular flexibility index (Phi) is 5.09. The largest absolute Gasteiger partial charge is 0.322 e. The summed E-state index contributed by atoms with van der Waals surface area (Å²) in [5, 5.41) is 10.5. The van der Waals surface area contributed by atoms with Crippen LogP contribution in [0.3, 0.4) is 0 Å². The van der Waals surface area contributed by atoms with E-state index in [4.69, 9.17) is 11.6 Å². The molecule has 1 aromatic carbocycles. The second-order valence-corrected chi connectivity index (χ2v) is 5.90. The van der Waals surface area contributed by atoms with E-state index < -0.39 is 0 Å². The van der Waals surface area contributed by atoms with Crippen molar-refractivity contribution >= 4 is 35.0 Å². The molecule has 2 aromatic rings. The molecule has 6 heteroatoms. The van der Waals surface area contributed by atoms with Crippen LogP contribution >= 0.6 is 23.4 Å². The second-order valence-electron chi connectivity index (χ2n) is 4.48. The van der Waals surface area contributed by atoms with Crippen LogP contribution in [0.15, 0.2) is 24.3 Å². The van der Waals surface area contributed by atoms with Gasteiger partial charge in [0.25, 0.3) is 0 Å². The normalized spacial score (nSPS) is 10.6. The highest BCUT2D eigenvalue weighted by molar-refractivity contribution is 7.99. The zero-order valence-electron chi connectivity index (χ0n) is 11.4. The van der Waals surface area contributed by atoms with Crippen molar-refractivity contribution in [2.45, 2.75) is 19.6 Å². The van der Waals surface area contributed by atoms with Crippen molar-refractivity contribution in [1.29, 1.82) is 0 Å². The molecule has 1 heterocycles. The van der Waals surface area contributed by atoms with Gasteiger partial charge in [-0.3, -0.25) is 9.89 Å². The Morgan fingerprint density at radius 2 is 2.25 bits per heavy atom. The lowest BCUT2D eigenvalue weighted by Crippen LogP contribution is -2.15. The molecule has 1 aromatic heterocycles.